The maximum absolute atomic E-state index is 11.7. The SMILES string of the molecule is Cc1ccc(C(C)(C=O)Cc2ccc3c(c2)OCO3)cc1. The molecule has 2 aromatic rings. The molecule has 1 atom stereocenters. The van der Waals surface area contributed by atoms with E-state index < -0.39 is 5.41 Å². The summed E-state index contributed by atoms with van der Waals surface area (Å²) in [6.07, 6.45) is 1.67. The van der Waals surface area contributed by atoms with Crippen molar-refractivity contribution in [2.24, 2.45) is 0 Å². The van der Waals surface area contributed by atoms with Gasteiger partial charge in [-0.1, -0.05) is 35.9 Å². The molecule has 0 aromatic heterocycles. The zero-order valence-electron chi connectivity index (χ0n) is 12.3. The lowest BCUT2D eigenvalue weighted by Crippen LogP contribution is -2.26. The van der Waals surface area contributed by atoms with Crippen LogP contribution >= 0.6 is 0 Å². The fraction of sp³-hybridized carbons (Fsp3) is 0.278. The molecule has 108 valence electrons. The Morgan fingerprint density at radius 3 is 2.52 bits per heavy atom. The lowest BCUT2D eigenvalue weighted by atomic mass is 9.78. The van der Waals surface area contributed by atoms with Crippen LogP contribution in [0.3, 0.4) is 0 Å². The summed E-state index contributed by atoms with van der Waals surface area (Å²) < 4.78 is 10.7. The number of carbonyl (C=O) groups excluding carboxylic acids is 1. The van der Waals surface area contributed by atoms with Gasteiger partial charge in [-0.15, -0.1) is 0 Å². The van der Waals surface area contributed by atoms with Crippen LogP contribution in [0.2, 0.25) is 0 Å². The predicted octanol–water partition coefficient (Wildman–Crippen LogP) is 3.42. The van der Waals surface area contributed by atoms with Crippen molar-refractivity contribution in [1.82, 2.24) is 0 Å². The van der Waals surface area contributed by atoms with E-state index in [0.29, 0.717) is 6.42 Å². The summed E-state index contributed by atoms with van der Waals surface area (Å²) in [5, 5.41) is 0. The van der Waals surface area contributed by atoms with Crippen LogP contribution in [0.1, 0.15) is 23.6 Å². The minimum Gasteiger partial charge on any atom is -0.454 e. The van der Waals surface area contributed by atoms with E-state index in [2.05, 4.69) is 0 Å². The number of hydrogen-bond donors (Lipinski definition) is 0. The van der Waals surface area contributed by atoms with Crippen molar-refractivity contribution < 1.29 is 14.3 Å². The summed E-state index contributed by atoms with van der Waals surface area (Å²) in [5.41, 5.74) is 2.74. The number of carbonyl (C=O) groups is 1. The maximum atomic E-state index is 11.7. The smallest absolute Gasteiger partial charge is 0.231 e. The number of aryl methyl sites for hydroxylation is 1. The van der Waals surface area contributed by atoms with Crippen LogP contribution in [0.4, 0.5) is 0 Å². The minimum atomic E-state index is -0.540. The molecule has 0 fully saturated rings. The van der Waals surface area contributed by atoms with Gasteiger partial charge in [0.05, 0.1) is 5.41 Å². The highest BCUT2D eigenvalue weighted by atomic mass is 16.7. The van der Waals surface area contributed by atoms with Crippen LogP contribution in [0.25, 0.3) is 0 Å². The van der Waals surface area contributed by atoms with Gasteiger partial charge in [-0.3, -0.25) is 0 Å². The molecule has 2 aromatic carbocycles. The molecule has 3 nitrogen and oxygen atoms in total. The topological polar surface area (TPSA) is 35.5 Å². The summed E-state index contributed by atoms with van der Waals surface area (Å²) >= 11 is 0. The molecule has 3 rings (SSSR count). The van der Waals surface area contributed by atoms with E-state index in [1.54, 1.807) is 0 Å². The van der Waals surface area contributed by atoms with Crippen LogP contribution < -0.4 is 9.47 Å². The van der Waals surface area contributed by atoms with Gasteiger partial charge in [-0.05, 0) is 43.5 Å². The van der Waals surface area contributed by atoms with Gasteiger partial charge < -0.3 is 14.3 Å². The molecule has 21 heavy (non-hydrogen) atoms. The van der Waals surface area contributed by atoms with Crippen molar-refractivity contribution >= 4 is 6.29 Å². The second-order valence-electron chi connectivity index (χ2n) is 5.77. The molecule has 3 heteroatoms. The number of fused-ring (bicyclic) bond motifs is 1. The lowest BCUT2D eigenvalue weighted by Gasteiger charge is -2.24. The second-order valence-corrected chi connectivity index (χ2v) is 5.77. The Hall–Kier alpha value is -2.29. The molecule has 1 aliphatic rings. The summed E-state index contributed by atoms with van der Waals surface area (Å²) in [7, 11) is 0. The van der Waals surface area contributed by atoms with Crippen molar-refractivity contribution in [1.29, 1.82) is 0 Å². The van der Waals surface area contributed by atoms with E-state index >= 15 is 0 Å². The average Bonchev–Trinajstić information content (AvgIpc) is 2.95. The summed E-state index contributed by atoms with van der Waals surface area (Å²) in [4.78, 5) is 11.7. The van der Waals surface area contributed by atoms with Gasteiger partial charge in [-0.2, -0.15) is 0 Å². The zero-order valence-corrected chi connectivity index (χ0v) is 12.3. The number of rotatable bonds is 4. The molecule has 1 heterocycles. The normalized spacial score (nSPS) is 15.5. The Bertz CT molecular complexity index is 661. The number of aldehydes is 1. The standard InChI is InChI=1S/C18H18O3/c1-13-3-6-15(7-4-13)18(2,11-19)10-14-5-8-16-17(9-14)21-12-20-16/h3-9,11H,10,12H2,1-2H3. The van der Waals surface area contributed by atoms with Crippen LogP contribution in [-0.4, -0.2) is 13.1 Å². The first kappa shape index (κ1) is 13.7. The van der Waals surface area contributed by atoms with Crippen LogP contribution in [0.15, 0.2) is 42.5 Å². The van der Waals surface area contributed by atoms with Crippen LogP contribution in [-0.2, 0) is 16.6 Å². The third kappa shape index (κ3) is 2.64. The monoisotopic (exact) mass is 282 g/mol. The minimum absolute atomic E-state index is 0.266. The van der Waals surface area contributed by atoms with Gasteiger partial charge in [0, 0.05) is 0 Å². The zero-order chi connectivity index (χ0) is 14.9. The number of benzene rings is 2. The molecule has 1 aliphatic heterocycles. The van der Waals surface area contributed by atoms with Crippen molar-refractivity contribution in [2.75, 3.05) is 6.79 Å². The Kier molecular flexibility index (Phi) is 3.42. The molecule has 0 bridgehead atoms. The number of ether oxygens (including phenoxy) is 2. The van der Waals surface area contributed by atoms with Crippen molar-refractivity contribution in [3.8, 4) is 11.5 Å². The largest absolute Gasteiger partial charge is 0.454 e. The van der Waals surface area contributed by atoms with Gasteiger partial charge in [0.25, 0.3) is 0 Å². The molecule has 0 amide bonds. The van der Waals surface area contributed by atoms with Crippen LogP contribution in [0, 0.1) is 6.92 Å². The highest BCUT2D eigenvalue weighted by Crippen LogP contribution is 2.35. The molecule has 0 N–H and O–H groups in total. The van der Waals surface area contributed by atoms with E-state index in [9.17, 15) is 4.79 Å². The number of hydrogen-bond acceptors (Lipinski definition) is 3. The highest BCUT2D eigenvalue weighted by molar-refractivity contribution is 5.69. The molecular formula is C18H18O3. The highest BCUT2D eigenvalue weighted by Gasteiger charge is 2.27. The summed E-state index contributed by atoms with van der Waals surface area (Å²) in [6, 6.07) is 14.0. The quantitative estimate of drug-likeness (QED) is 0.806. The van der Waals surface area contributed by atoms with E-state index in [0.717, 1.165) is 28.9 Å². The summed E-state index contributed by atoms with van der Waals surface area (Å²) in [5.74, 6) is 1.52. The first-order valence-electron chi connectivity index (χ1n) is 7.03. The van der Waals surface area contributed by atoms with E-state index in [-0.39, 0.29) is 6.79 Å². The summed E-state index contributed by atoms with van der Waals surface area (Å²) in [6.45, 7) is 4.27. The third-order valence-electron chi connectivity index (χ3n) is 3.98. The van der Waals surface area contributed by atoms with Gasteiger partial charge in [0.1, 0.15) is 6.29 Å². The van der Waals surface area contributed by atoms with E-state index in [1.165, 1.54) is 5.56 Å². The van der Waals surface area contributed by atoms with Crippen molar-refractivity contribution in [3.63, 3.8) is 0 Å². The molecular weight excluding hydrogens is 264 g/mol. The predicted molar refractivity (Wildman–Crippen MR) is 80.9 cm³/mol. The molecule has 1 unspecified atom stereocenters. The van der Waals surface area contributed by atoms with Crippen molar-refractivity contribution in [2.45, 2.75) is 25.7 Å². The van der Waals surface area contributed by atoms with Gasteiger partial charge in [0.2, 0.25) is 6.79 Å². The average molecular weight is 282 g/mol. The molecule has 0 saturated carbocycles. The Labute approximate surface area is 124 Å². The third-order valence-corrected chi connectivity index (χ3v) is 3.98. The van der Waals surface area contributed by atoms with Gasteiger partial charge >= 0.3 is 0 Å². The fourth-order valence-electron chi connectivity index (χ4n) is 2.62. The lowest BCUT2D eigenvalue weighted by molar-refractivity contribution is -0.112. The Morgan fingerprint density at radius 1 is 1.10 bits per heavy atom. The first-order chi connectivity index (χ1) is 10.1. The van der Waals surface area contributed by atoms with Crippen LogP contribution in [0.5, 0.6) is 11.5 Å². The second kappa shape index (κ2) is 5.24. The molecule has 0 spiro atoms. The Balaban J connectivity index is 1.89. The van der Waals surface area contributed by atoms with Gasteiger partial charge in [0.15, 0.2) is 11.5 Å². The first-order valence-corrected chi connectivity index (χ1v) is 7.03. The molecule has 0 aliphatic carbocycles. The van der Waals surface area contributed by atoms with E-state index in [1.807, 2.05) is 56.3 Å². The maximum Gasteiger partial charge on any atom is 0.231 e. The van der Waals surface area contributed by atoms with Gasteiger partial charge in [-0.25, -0.2) is 0 Å². The van der Waals surface area contributed by atoms with E-state index in [4.69, 9.17) is 9.47 Å². The Morgan fingerprint density at radius 2 is 1.81 bits per heavy atom. The molecule has 0 saturated heterocycles. The fourth-order valence-corrected chi connectivity index (χ4v) is 2.62. The molecule has 0 radical (unpaired) electrons. The van der Waals surface area contributed by atoms with Crippen molar-refractivity contribution in [3.05, 3.63) is 59.2 Å².